The highest BCUT2D eigenvalue weighted by Gasteiger charge is 2.34. The Morgan fingerprint density at radius 2 is 1.88 bits per heavy atom. The molecule has 172 valence electrons. The zero-order chi connectivity index (χ0) is 22.7. The lowest BCUT2D eigenvalue weighted by atomic mass is 9.94. The fraction of sp³-hybridized carbons (Fsp3) is 0.600. The molecule has 1 fully saturated rings. The van der Waals surface area contributed by atoms with Crippen LogP contribution in [-0.4, -0.2) is 50.6 Å². The summed E-state index contributed by atoms with van der Waals surface area (Å²) in [6, 6.07) is 6.94. The van der Waals surface area contributed by atoms with Crippen molar-refractivity contribution in [2.45, 2.75) is 77.8 Å². The molecule has 0 radical (unpaired) electrons. The number of rotatable bonds is 5. The summed E-state index contributed by atoms with van der Waals surface area (Å²) in [5, 5.41) is 12.0. The van der Waals surface area contributed by atoms with Gasteiger partial charge >= 0.3 is 0 Å². The van der Waals surface area contributed by atoms with Gasteiger partial charge in [-0.3, -0.25) is 9.59 Å². The van der Waals surface area contributed by atoms with Crippen LogP contribution in [0.4, 0.5) is 0 Å². The summed E-state index contributed by atoms with van der Waals surface area (Å²) >= 11 is 0. The standard InChI is InChI=1S/C25H35N5O2/c1-17(2)22(26-24(31)20-12-7-6-10-18(20)3)25(32)29-14-9-11-19(16-29)23-28-27-21-13-5-4-8-15-30(21)23/h6-7,10,12,17,19,22H,4-5,8-9,11,13-16H2,1-3H3,(H,26,31)/t19-,22+/m0/s1. The van der Waals surface area contributed by atoms with Crippen LogP contribution in [0, 0.1) is 12.8 Å². The van der Waals surface area contributed by atoms with Crippen LogP contribution in [0.15, 0.2) is 24.3 Å². The maximum atomic E-state index is 13.5. The van der Waals surface area contributed by atoms with Crippen LogP contribution in [0.1, 0.15) is 79.4 Å². The third-order valence-corrected chi connectivity index (χ3v) is 6.85. The van der Waals surface area contributed by atoms with Crippen LogP contribution in [0.2, 0.25) is 0 Å². The average molecular weight is 438 g/mol. The van der Waals surface area contributed by atoms with Gasteiger partial charge in [0.1, 0.15) is 17.7 Å². The Balaban J connectivity index is 1.48. The van der Waals surface area contributed by atoms with Crippen molar-refractivity contribution in [1.82, 2.24) is 25.0 Å². The molecule has 2 aromatic rings. The first-order chi connectivity index (χ1) is 15.5. The van der Waals surface area contributed by atoms with E-state index >= 15 is 0 Å². The molecule has 2 amide bonds. The van der Waals surface area contributed by atoms with E-state index in [2.05, 4.69) is 20.1 Å². The molecule has 2 aliphatic heterocycles. The Labute approximate surface area is 190 Å². The van der Waals surface area contributed by atoms with Gasteiger partial charge < -0.3 is 14.8 Å². The number of benzene rings is 1. The Bertz CT molecular complexity index is 967. The number of likely N-dealkylation sites (tertiary alicyclic amines) is 1. The Hall–Kier alpha value is -2.70. The van der Waals surface area contributed by atoms with E-state index in [1.807, 2.05) is 43.9 Å². The topological polar surface area (TPSA) is 80.1 Å². The lowest BCUT2D eigenvalue weighted by Crippen LogP contribution is -2.53. The highest BCUT2D eigenvalue weighted by molar-refractivity contribution is 5.98. The predicted octanol–water partition coefficient (Wildman–Crippen LogP) is 3.47. The highest BCUT2D eigenvalue weighted by Crippen LogP contribution is 2.28. The molecular weight excluding hydrogens is 402 g/mol. The summed E-state index contributed by atoms with van der Waals surface area (Å²) < 4.78 is 2.30. The number of aromatic nitrogens is 3. The summed E-state index contributed by atoms with van der Waals surface area (Å²) in [5.41, 5.74) is 1.53. The van der Waals surface area contributed by atoms with E-state index in [4.69, 9.17) is 0 Å². The minimum Gasteiger partial charge on any atom is -0.340 e. The molecule has 0 saturated carbocycles. The van der Waals surface area contributed by atoms with Crippen molar-refractivity contribution >= 4 is 11.8 Å². The van der Waals surface area contributed by atoms with Crippen molar-refractivity contribution in [3.63, 3.8) is 0 Å². The number of nitrogens with zero attached hydrogens (tertiary/aromatic N) is 4. The molecule has 3 heterocycles. The Morgan fingerprint density at radius 1 is 1.06 bits per heavy atom. The molecule has 0 unspecified atom stereocenters. The molecule has 7 heteroatoms. The van der Waals surface area contributed by atoms with Crippen molar-refractivity contribution in [3.8, 4) is 0 Å². The molecular formula is C25H35N5O2. The Morgan fingerprint density at radius 3 is 2.66 bits per heavy atom. The first kappa shape index (κ1) is 22.5. The van der Waals surface area contributed by atoms with E-state index in [-0.39, 0.29) is 23.7 Å². The number of amides is 2. The summed E-state index contributed by atoms with van der Waals surface area (Å²) in [4.78, 5) is 28.4. The number of nitrogens with one attached hydrogen (secondary N) is 1. The molecule has 7 nitrogen and oxygen atoms in total. The first-order valence-corrected chi connectivity index (χ1v) is 12.0. The summed E-state index contributed by atoms with van der Waals surface area (Å²) in [6.45, 7) is 8.22. The lowest BCUT2D eigenvalue weighted by molar-refractivity contribution is -0.135. The van der Waals surface area contributed by atoms with Gasteiger partial charge in [-0.2, -0.15) is 0 Å². The minimum absolute atomic E-state index is 0.000193. The van der Waals surface area contributed by atoms with Crippen molar-refractivity contribution in [2.75, 3.05) is 13.1 Å². The smallest absolute Gasteiger partial charge is 0.252 e. The molecule has 32 heavy (non-hydrogen) atoms. The van der Waals surface area contributed by atoms with Crippen molar-refractivity contribution in [1.29, 1.82) is 0 Å². The summed E-state index contributed by atoms with van der Waals surface area (Å²) in [5.74, 6) is 2.14. The van der Waals surface area contributed by atoms with E-state index in [1.54, 1.807) is 6.07 Å². The number of hydrogen-bond donors (Lipinski definition) is 1. The van der Waals surface area contributed by atoms with Crippen LogP contribution in [-0.2, 0) is 17.8 Å². The monoisotopic (exact) mass is 437 g/mol. The predicted molar refractivity (Wildman–Crippen MR) is 123 cm³/mol. The maximum absolute atomic E-state index is 13.5. The second kappa shape index (κ2) is 9.84. The van der Waals surface area contributed by atoms with E-state index in [0.29, 0.717) is 12.1 Å². The van der Waals surface area contributed by atoms with Gasteiger partial charge in [0.2, 0.25) is 5.91 Å². The number of carbonyl (C=O) groups excluding carboxylic acids is 2. The van der Waals surface area contributed by atoms with Gasteiger partial charge in [0.25, 0.3) is 5.91 Å². The molecule has 2 atom stereocenters. The average Bonchev–Trinajstić information content (AvgIpc) is 3.05. The molecule has 0 spiro atoms. The second-order valence-electron chi connectivity index (χ2n) is 9.57. The zero-order valence-corrected chi connectivity index (χ0v) is 19.5. The van der Waals surface area contributed by atoms with Crippen LogP contribution >= 0.6 is 0 Å². The molecule has 0 aliphatic carbocycles. The van der Waals surface area contributed by atoms with Gasteiger partial charge in [-0.25, -0.2) is 0 Å². The van der Waals surface area contributed by atoms with Crippen LogP contribution in [0.5, 0.6) is 0 Å². The number of piperidine rings is 1. The first-order valence-electron chi connectivity index (χ1n) is 12.0. The van der Waals surface area contributed by atoms with Gasteiger partial charge in [-0.05, 0) is 50.2 Å². The normalized spacial score (nSPS) is 19.9. The van der Waals surface area contributed by atoms with E-state index < -0.39 is 6.04 Å². The zero-order valence-electron chi connectivity index (χ0n) is 19.5. The maximum Gasteiger partial charge on any atom is 0.252 e. The minimum atomic E-state index is -0.545. The summed E-state index contributed by atoms with van der Waals surface area (Å²) in [6.07, 6.45) is 6.51. The third-order valence-electron chi connectivity index (χ3n) is 6.85. The molecule has 4 rings (SSSR count). The molecule has 1 aromatic carbocycles. The van der Waals surface area contributed by atoms with Gasteiger partial charge in [0.05, 0.1) is 0 Å². The van der Waals surface area contributed by atoms with Crippen molar-refractivity contribution < 1.29 is 9.59 Å². The van der Waals surface area contributed by atoms with E-state index in [0.717, 1.165) is 56.0 Å². The SMILES string of the molecule is Cc1ccccc1C(=O)N[C@@H](C(=O)N1CCC[C@H](c2nnc3n2CCCCC3)C1)C(C)C. The van der Waals surface area contributed by atoms with Crippen LogP contribution in [0.3, 0.4) is 0 Å². The fourth-order valence-electron chi connectivity index (χ4n) is 4.95. The third kappa shape index (κ3) is 4.71. The van der Waals surface area contributed by atoms with Crippen molar-refractivity contribution in [2.24, 2.45) is 5.92 Å². The fourth-order valence-corrected chi connectivity index (χ4v) is 4.95. The Kier molecular flexibility index (Phi) is 6.92. The second-order valence-corrected chi connectivity index (χ2v) is 9.57. The van der Waals surface area contributed by atoms with E-state index in [1.165, 1.54) is 12.8 Å². The van der Waals surface area contributed by atoms with Crippen LogP contribution in [0.25, 0.3) is 0 Å². The van der Waals surface area contributed by atoms with Gasteiger partial charge in [-0.1, -0.05) is 38.5 Å². The van der Waals surface area contributed by atoms with Gasteiger partial charge in [-0.15, -0.1) is 10.2 Å². The molecule has 1 saturated heterocycles. The summed E-state index contributed by atoms with van der Waals surface area (Å²) in [7, 11) is 0. The van der Waals surface area contributed by atoms with Crippen LogP contribution < -0.4 is 5.32 Å². The van der Waals surface area contributed by atoms with Gasteiger partial charge in [0, 0.05) is 37.5 Å². The van der Waals surface area contributed by atoms with Crippen molar-refractivity contribution in [3.05, 3.63) is 47.0 Å². The highest BCUT2D eigenvalue weighted by atomic mass is 16.2. The molecule has 2 aliphatic rings. The molecule has 1 N–H and O–H groups in total. The number of aryl methyl sites for hydroxylation is 2. The largest absolute Gasteiger partial charge is 0.340 e. The molecule has 0 bridgehead atoms. The molecule has 1 aromatic heterocycles. The number of fused-ring (bicyclic) bond motifs is 1. The van der Waals surface area contributed by atoms with Gasteiger partial charge in [0.15, 0.2) is 0 Å². The lowest BCUT2D eigenvalue weighted by Gasteiger charge is -2.36. The quantitative estimate of drug-likeness (QED) is 0.777. The number of hydrogen-bond acceptors (Lipinski definition) is 4. The number of carbonyl (C=O) groups is 2. The van der Waals surface area contributed by atoms with E-state index in [9.17, 15) is 9.59 Å².